The smallest absolute Gasteiger partial charge is 0.258 e. The van der Waals surface area contributed by atoms with Gasteiger partial charge < -0.3 is 0 Å². The Labute approximate surface area is 156 Å². The lowest BCUT2D eigenvalue weighted by molar-refractivity contribution is 0.102. The van der Waals surface area contributed by atoms with Gasteiger partial charge in [0.25, 0.3) is 5.91 Å². The lowest BCUT2D eigenvalue weighted by atomic mass is 10.2. The van der Waals surface area contributed by atoms with Crippen LogP contribution in [0.5, 0.6) is 0 Å². The lowest BCUT2D eigenvalue weighted by Crippen LogP contribution is -2.15. The van der Waals surface area contributed by atoms with Gasteiger partial charge in [-0.3, -0.25) is 15.1 Å². The molecule has 2 heterocycles. The Morgan fingerprint density at radius 1 is 0.926 bits per heavy atom. The van der Waals surface area contributed by atoms with Gasteiger partial charge in [-0.05, 0) is 43.3 Å². The zero-order chi connectivity index (χ0) is 18.6. The molecule has 4 aromatic rings. The number of amides is 1. The summed E-state index contributed by atoms with van der Waals surface area (Å²) in [6, 6.07) is 22.4. The molecule has 0 aliphatic rings. The van der Waals surface area contributed by atoms with Crippen LogP contribution in [0, 0.1) is 6.92 Å². The van der Waals surface area contributed by atoms with E-state index >= 15 is 0 Å². The quantitative estimate of drug-likeness (QED) is 0.603. The molecule has 0 spiro atoms. The number of rotatable bonds is 4. The number of hydrogen-bond donors (Lipinski definition) is 1. The van der Waals surface area contributed by atoms with Crippen LogP contribution in [0.25, 0.3) is 17.2 Å². The fourth-order valence-corrected chi connectivity index (χ4v) is 2.63. The molecule has 6 nitrogen and oxygen atoms in total. The summed E-state index contributed by atoms with van der Waals surface area (Å²) in [5.41, 5.74) is 3.13. The van der Waals surface area contributed by atoms with Crippen molar-refractivity contribution in [1.82, 2.24) is 19.7 Å². The first-order chi connectivity index (χ1) is 13.2. The minimum Gasteiger partial charge on any atom is -0.290 e. The van der Waals surface area contributed by atoms with Crippen molar-refractivity contribution in [3.8, 4) is 17.2 Å². The molecule has 1 amide bonds. The van der Waals surface area contributed by atoms with Crippen molar-refractivity contribution in [3.05, 3.63) is 90.1 Å². The number of aryl methyl sites for hydroxylation is 1. The summed E-state index contributed by atoms with van der Waals surface area (Å²) in [6.07, 6.45) is 1.68. The van der Waals surface area contributed by atoms with Crippen molar-refractivity contribution < 1.29 is 4.79 Å². The number of pyridine rings is 1. The molecule has 6 heteroatoms. The molecule has 0 saturated carbocycles. The van der Waals surface area contributed by atoms with Crippen LogP contribution < -0.4 is 5.32 Å². The van der Waals surface area contributed by atoms with Crippen LogP contribution in [0.15, 0.2) is 79.0 Å². The molecular formula is C21H17N5O. The molecule has 27 heavy (non-hydrogen) atoms. The number of hydrogen-bond acceptors (Lipinski definition) is 4. The highest BCUT2D eigenvalue weighted by Gasteiger charge is 2.17. The molecular weight excluding hydrogens is 338 g/mol. The minimum atomic E-state index is -0.246. The van der Waals surface area contributed by atoms with Gasteiger partial charge in [0, 0.05) is 11.8 Å². The van der Waals surface area contributed by atoms with E-state index < -0.39 is 0 Å². The van der Waals surface area contributed by atoms with E-state index in [0.717, 1.165) is 11.3 Å². The standard InChI is InChI=1S/C21H17N5O/c1-15-10-12-17(13-11-15)26-21(24-20(27)16-7-3-2-4-8-16)23-19(25-26)18-9-5-6-14-22-18/h2-14H,1H3,(H,23,24,25,27). The molecule has 2 aromatic carbocycles. The van der Waals surface area contributed by atoms with Crippen LogP contribution in [-0.4, -0.2) is 25.7 Å². The van der Waals surface area contributed by atoms with Gasteiger partial charge in [0.1, 0.15) is 5.69 Å². The molecule has 1 N–H and O–H groups in total. The SMILES string of the molecule is Cc1ccc(-n2nc(-c3ccccn3)nc2NC(=O)c2ccccc2)cc1. The third-order valence-electron chi connectivity index (χ3n) is 4.04. The van der Waals surface area contributed by atoms with Crippen LogP contribution in [0.3, 0.4) is 0 Å². The second-order valence-corrected chi connectivity index (χ2v) is 6.04. The van der Waals surface area contributed by atoms with Gasteiger partial charge in [-0.2, -0.15) is 9.67 Å². The average Bonchev–Trinajstić information content (AvgIpc) is 3.13. The number of benzene rings is 2. The molecule has 4 rings (SSSR count). The highest BCUT2D eigenvalue weighted by Crippen LogP contribution is 2.20. The van der Waals surface area contributed by atoms with Crippen molar-refractivity contribution in [3.63, 3.8) is 0 Å². The highest BCUT2D eigenvalue weighted by molar-refractivity contribution is 6.03. The minimum absolute atomic E-state index is 0.246. The van der Waals surface area contributed by atoms with Crippen molar-refractivity contribution in [2.24, 2.45) is 0 Å². The molecule has 0 atom stereocenters. The zero-order valence-electron chi connectivity index (χ0n) is 14.7. The number of carbonyl (C=O) groups is 1. The predicted molar refractivity (Wildman–Crippen MR) is 104 cm³/mol. The molecule has 0 radical (unpaired) electrons. The molecule has 0 aliphatic heterocycles. The van der Waals surface area contributed by atoms with Gasteiger partial charge in [-0.15, -0.1) is 5.10 Å². The van der Waals surface area contributed by atoms with Crippen LogP contribution in [-0.2, 0) is 0 Å². The van der Waals surface area contributed by atoms with Crippen LogP contribution in [0.2, 0.25) is 0 Å². The maximum Gasteiger partial charge on any atom is 0.258 e. The first-order valence-corrected chi connectivity index (χ1v) is 8.52. The number of anilines is 1. The van der Waals surface area contributed by atoms with E-state index in [0.29, 0.717) is 23.0 Å². The van der Waals surface area contributed by atoms with Crippen molar-refractivity contribution >= 4 is 11.9 Å². The molecule has 0 saturated heterocycles. The third kappa shape index (κ3) is 3.59. The maximum absolute atomic E-state index is 12.6. The summed E-state index contributed by atoms with van der Waals surface area (Å²) in [6.45, 7) is 2.02. The summed E-state index contributed by atoms with van der Waals surface area (Å²) in [5.74, 6) is 0.539. The molecule has 132 valence electrons. The second-order valence-electron chi connectivity index (χ2n) is 6.04. The summed E-state index contributed by atoms with van der Waals surface area (Å²) < 4.78 is 1.62. The van der Waals surface area contributed by atoms with E-state index in [9.17, 15) is 4.79 Å². The fraction of sp³-hybridized carbons (Fsp3) is 0.0476. The summed E-state index contributed by atoms with van der Waals surface area (Å²) in [4.78, 5) is 21.4. The van der Waals surface area contributed by atoms with Gasteiger partial charge >= 0.3 is 0 Å². The first kappa shape index (κ1) is 16.7. The van der Waals surface area contributed by atoms with Crippen LogP contribution in [0.4, 0.5) is 5.95 Å². The van der Waals surface area contributed by atoms with Crippen molar-refractivity contribution in [1.29, 1.82) is 0 Å². The Hall–Kier alpha value is -3.80. The Kier molecular flexibility index (Phi) is 4.45. The monoisotopic (exact) mass is 355 g/mol. The maximum atomic E-state index is 12.6. The van der Waals surface area contributed by atoms with E-state index in [2.05, 4.69) is 20.4 Å². The summed E-state index contributed by atoms with van der Waals surface area (Å²) in [5, 5.41) is 7.41. The molecule has 0 unspecified atom stereocenters. The van der Waals surface area contributed by atoms with E-state index in [1.165, 1.54) is 0 Å². The summed E-state index contributed by atoms with van der Waals surface area (Å²) >= 11 is 0. The van der Waals surface area contributed by atoms with Gasteiger partial charge in [0.05, 0.1) is 5.69 Å². The van der Waals surface area contributed by atoms with Gasteiger partial charge in [-0.1, -0.05) is 42.0 Å². The predicted octanol–water partition coefficient (Wildman–Crippen LogP) is 3.89. The number of nitrogens with zero attached hydrogens (tertiary/aromatic N) is 4. The largest absolute Gasteiger partial charge is 0.290 e. The topological polar surface area (TPSA) is 72.7 Å². The Morgan fingerprint density at radius 3 is 2.37 bits per heavy atom. The first-order valence-electron chi connectivity index (χ1n) is 8.52. The Bertz CT molecular complexity index is 1060. The Balaban J connectivity index is 1.75. The van der Waals surface area contributed by atoms with Crippen molar-refractivity contribution in [2.75, 3.05) is 5.32 Å². The normalized spacial score (nSPS) is 10.6. The molecule has 2 aromatic heterocycles. The van der Waals surface area contributed by atoms with Gasteiger partial charge in [0.15, 0.2) is 0 Å². The third-order valence-corrected chi connectivity index (χ3v) is 4.04. The van der Waals surface area contributed by atoms with Gasteiger partial charge in [-0.25, -0.2) is 0 Å². The Morgan fingerprint density at radius 2 is 1.67 bits per heavy atom. The van der Waals surface area contributed by atoms with E-state index in [4.69, 9.17) is 0 Å². The number of nitrogens with one attached hydrogen (secondary N) is 1. The van der Waals surface area contributed by atoms with E-state index in [1.54, 1.807) is 23.0 Å². The lowest BCUT2D eigenvalue weighted by Gasteiger charge is -2.07. The van der Waals surface area contributed by atoms with E-state index in [-0.39, 0.29) is 5.91 Å². The van der Waals surface area contributed by atoms with Crippen LogP contribution >= 0.6 is 0 Å². The van der Waals surface area contributed by atoms with Gasteiger partial charge in [0.2, 0.25) is 11.8 Å². The fourth-order valence-electron chi connectivity index (χ4n) is 2.63. The molecule has 0 fully saturated rings. The second kappa shape index (κ2) is 7.21. The molecule has 0 bridgehead atoms. The highest BCUT2D eigenvalue weighted by atomic mass is 16.1. The van der Waals surface area contributed by atoms with E-state index in [1.807, 2.05) is 67.6 Å². The van der Waals surface area contributed by atoms with Crippen LogP contribution in [0.1, 0.15) is 15.9 Å². The number of aromatic nitrogens is 4. The van der Waals surface area contributed by atoms with Crippen molar-refractivity contribution in [2.45, 2.75) is 6.92 Å². The molecule has 0 aliphatic carbocycles. The summed E-state index contributed by atoms with van der Waals surface area (Å²) in [7, 11) is 0. The zero-order valence-corrected chi connectivity index (χ0v) is 14.7. The number of carbonyl (C=O) groups excluding carboxylic acids is 1. The average molecular weight is 355 g/mol.